The van der Waals surface area contributed by atoms with Crippen LogP contribution in [-0.4, -0.2) is 109 Å². The number of nitrogens with one attached hydrogen (secondary N) is 1. The summed E-state index contributed by atoms with van der Waals surface area (Å²) in [6.45, 7) is 39.3. The van der Waals surface area contributed by atoms with Crippen LogP contribution in [0.1, 0.15) is 209 Å². The highest BCUT2D eigenvalue weighted by Crippen LogP contribution is 2.16. The second-order valence-electron chi connectivity index (χ2n) is 18.3. The number of anilines is 2. The predicted molar refractivity (Wildman–Crippen MR) is 328 cm³/mol. The Labute approximate surface area is 468 Å². The van der Waals surface area contributed by atoms with Crippen LogP contribution in [0.25, 0.3) is 0 Å². The molecule has 0 unspecified atom stereocenters. The lowest BCUT2D eigenvalue weighted by Crippen LogP contribution is -2.40. The maximum atomic E-state index is 11.8. The molecule has 0 aliphatic carbocycles. The van der Waals surface area contributed by atoms with Crippen LogP contribution in [0.2, 0.25) is 19.1 Å². The number of hydrogen-bond acceptors (Lipinski definition) is 8. The molecule has 15 heteroatoms. The summed E-state index contributed by atoms with van der Waals surface area (Å²) in [4.78, 5) is 58.8. The number of rotatable bonds is 24. The summed E-state index contributed by atoms with van der Waals surface area (Å²) in [6, 6.07) is 19.4. The Bertz CT molecular complexity index is 1580. The number of esters is 1. The van der Waals surface area contributed by atoms with Gasteiger partial charge in [-0.2, -0.15) is 8.78 Å². The second-order valence-corrected chi connectivity index (χ2v) is 23.4. The van der Waals surface area contributed by atoms with Gasteiger partial charge < -0.3 is 34.2 Å². The molecule has 2 aromatic carbocycles. The molecule has 0 fully saturated rings. The lowest BCUT2D eigenvalue weighted by Gasteiger charge is -2.23. The average Bonchev–Trinajstić information content (AvgIpc) is 3.34. The van der Waals surface area contributed by atoms with Gasteiger partial charge in [-0.1, -0.05) is 177 Å². The highest BCUT2D eigenvalue weighted by molar-refractivity contribution is 6.89. The van der Waals surface area contributed by atoms with Gasteiger partial charge in [0.25, 0.3) is 0 Å². The van der Waals surface area contributed by atoms with Crippen LogP contribution in [0.15, 0.2) is 54.6 Å². The van der Waals surface area contributed by atoms with Crippen LogP contribution in [0, 0.1) is 0 Å². The number of carbonyl (C=O) groups is 5. The first-order valence-electron chi connectivity index (χ1n) is 27.6. The van der Waals surface area contributed by atoms with Gasteiger partial charge in [-0.25, -0.2) is 0 Å². The highest BCUT2D eigenvalue weighted by atomic mass is 28.3. The van der Waals surface area contributed by atoms with E-state index in [1.54, 1.807) is 30.6 Å². The van der Waals surface area contributed by atoms with Crippen molar-refractivity contribution in [3.63, 3.8) is 0 Å². The van der Waals surface area contributed by atoms with Crippen LogP contribution in [-0.2, 0) is 38.2 Å². The average molecular weight is 1100 g/mol. The van der Waals surface area contributed by atoms with Crippen molar-refractivity contribution in [1.82, 2.24) is 10.2 Å². The highest BCUT2D eigenvalue weighted by Gasteiger charge is 2.22. The molecule has 2 aromatic rings. The SMILES string of the molecule is C.C.CCC.CCCCN(C(C)=O)c1ccccc1.CCCCN(C)C(C)=O.CCCCNC(C)=O.CCCCOC(C)(F)F.CCCCOC(C)=O.CCCCOCC.CC[Si](C)(C)c1cccc(N(C)C(C)=O)c1. The van der Waals surface area contributed by atoms with Gasteiger partial charge in [0.05, 0.1) is 21.3 Å². The smallest absolute Gasteiger partial charge is 0.352 e. The number of benzene rings is 2. The molecule has 0 aliphatic heterocycles. The van der Waals surface area contributed by atoms with Gasteiger partial charge in [0.2, 0.25) is 23.6 Å². The molecular weight excluding hydrogens is 983 g/mol. The van der Waals surface area contributed by atoms with Gasteiger partial charge in [0.1, 0.15) is 0 Å². The number of para-hydroxylation sites is 1. The van der Waals surface area contributed by atoms with E-state index < -0.39 is 14.2 Å². The molecule has 4 amide bonds. The summed E-state index contributed by atoms with van der Waals surface area (Å²) in [5.41, 5.74) is 1.99. The van der Waals surface area contributed by atoms with Gasteiger partial charge in [0, 0.05) is 99.9 Å². The number of hydrogen-bond donors (Lipinski definition) is 1. The van der Waals surface area contributed by atoms with Crippen molar-refractivity contribution in [2.75, 3.05) is 70.0 Å². The third kappa shape index (κ3) is 65.9. The van der Waals surface area contributed by atoms with Crippen LogP contribution in [0.4, 0.5) is 20.2 Å². The van der Waals surface area contributed by atoms with Crippen LogP contribution in [0.3, 0.4) is 0 Å². The Kier molecular flexibility index (Phi) is 71.7. The van der Waals surface area contributed by atoms with Crippen molar-refractivity contribution in [1.29, 1.82) is 0 Å². The molecule has 0 aliphatic rings. The number of unbranched alkanes of at least 4 members (excludes halogenated alkanes) is 6. The van der Waals surface area contributed by atoms with Crippen LogP contribution >= 0.6 is 0 Å². The third-order valence-corrected chi connectivity index (χ3v) is 14.0. The predicted octanol–water partition coefficient (Wildman–Crippen LogP) is 15.9. The lowest BCUT2D eigenvalue weighted by atomic mass is 10.2. The minimum atomic E-state index is -2.95. The van der Waals surface area contributed by atoms with E-state index in [9.17, 15) is 32.8 Å². The fourth-order valence-corrected chi connectivity index (χ4v) is 6.55. The van der Waals surface area contributed by atoms with Gasteiger partial charge in [-0.05, 0) is 69.7 Å². The Hall–Kier alpha value is -4.21. The van der Waals surface area contributed by atoms with Gasteiger partial charge in [-0.3, -0.25) is 24.0 Å². The van der Waals surface area contributed by atoms with E-state index in [-0.39, 0.29) is 51.1 Å². The summed E-state index contributed by atoms with van der Waals surface area (Å²) in [6.07, 6.45) is 11.0. The minimum Gasteiger partial charge on any atom is -0.466 e. The quantitative estimate of drug-likeness (QED) is 0.0624. The lowest BCUT2D eigenvalue weighted by molar-refractivity contribution is -0.224. The maximum Gasteiger partial charge on any atom is 0.352 e. The normalized spacial score (nSPS) is 9.66. The zero-order valence-electron chi connectivity index (χ0n) is 50.9. The van der Waals surface area contributed by atoms with E-state index in [0.717, 1.165) is 109 Å². The molecule has 0 saturated carbocycles. The van der Waals surface area contributed by atoms with E-state index in [2.05, 4.69) is 101 Å². The monoisotopic (exact) mass is 1100 g/mol. The third-order valence-electron chi connectivity index (χ3n) is 10.3. The standard InChI is InChI=1S/C13H21NOSi.C12H17NO.C7H15NO.C6H12F2O.C6H13NO.C6H12O2.C6H14O.C3H8.2CH4/c1-6-16(4,5)13-9-7-8-12(10-13)14(3)11(2)15;1-3-4-10-13(11(2)14)12-8-6-5-7-9-12;1-4-5-6-8(3)7(2)9;1-3-4-5-9-6(2,7)8;1-3-4-5-7-6(2)8;1-3-4-5-8-6(2)7;1-3-5-6-7-4-2;1-3-2;;/h7-10H,6H2,1-5H3;5-9H,3-4,10H2,1-2H3;4-6H2,1-3H3;3-5H2,1-2H3;3-5H2,1-2H3,(H,7,8);3-5H2,1-2H3;3-6H2,1-2H3;3H2,1-2H3;2*1H4. The first-order valence-corrected chi connectivity index (χ1v) is 30.8. The first kappa shape index (κ1) is 88.4. The Morgan fingerprint density at radius 3 is 1.45 bits per heavy atom. The number of alkyl halides is 2. The van der Waals surface area contributed by atoms with E-state index in [4.69, 9.17) is 4.74 Å². The largest absolute Gasteiger partial charge is 0.466 e. The summed E-state index contributed by atoms with van der Waals surface area (Å²) < 4.78 is 37.5. The van der Waals surface area contributed by atoms with E-state index >= 15 is 0 Å². The van der Waals surface area contributed by atoms with E-state index in [1.807, 2.05) is 69.2 Å². The number of nitrogens with zero attached hydrogens (tertiary/aromatic N) is 3. The molecule has 450 valence electrons. The molecule has 12 nitrogen and oxygen atoms in total. The molecule has 0 radical (unpaired) electrons. The van der Waals surface area contributed by atoms with Crippen molar-refractivity contribution in [2.45, 2.75) is 234 Å². The topological polar surface area (TPSA) is 135 Å². The van der Waals surface area contributed by atoms with Gasteiger partial charge >= 0.3 is 12.1 Å². The summed E-state index contributed by atoms with van der Waals surface area (Å²) in [7, 11) is 2.35. The van der Waals surface area contributed by atoms with Crippen LogP contribution in [0.5, 0.6) is 0 Å². The number of carbonyl (C=O) groups excluding carboxylic acids is 5. The van der Waals surface area contributed by atoms with Crippen LogP contribution < -0.4 is 20.3 Å². The van der Waals surface area contributed by atoms with Crippen molar-refractivity contribution in [3.8, 4) is 0 Å². The zero-order valence-corrected chi connectivity index (χ0v) is 51.9. The van der Waals surface area contributed by atoms with E-state index in [0.29, 0.717) is 13.0 Å². The molecule has 76 heavy (non-hydrogen) atoms. The van der Waals surface area contributed by atoms with Crippen molar-refractivity contribution in [3.05, 3.63) is 54.6 Å². The fourth-order valence-electron chi connectivity index (χ4n) is 5.05. The molecular formula is C61H120F2N4O8Si. The molecule has 0 heterocycles. The summed E-state index contributed by atoms with van der Waals surface area (Å²) in [5.74, 6) is 0.234. The first-order chi connectivity index (χ1) is 34.7. The molecule has 0 atom stereocenters. The minimum absolute atomic E-state index is 0. The van der Waals surface area contributed by atoms with Gasteiger partial charge in [-0.15, -0.1) is 0 Å². The fraction of sp³-hybridized carbons (Fsp3) is 0.721. The molecule has 0 aromatic heterocycles. The maximum absolute atomic E-state index is 11.8. The van der Waals surface area contributed by atoms with Crippen molar-refractivity contribution in [2.24, 2.45) is 0 Å². The Balaban J connectivity index is -0.000000119. The van der Waals surface area contributed by atoms with Gasteiger partial charge in [0.15, 0.2) is 0 Å². The molecule has 2 rings (SSSR count). The Morgan fingerprint density at radius 1 is 0.592 bits per heavy atom. The van der Waals surface area contributed by atoms with Crippen molar-refractivity contribution >= 4 is 54.2 Å². The summed E-state index contributed by atoms with van der Waals surface area (Å²) in [5, 5.41) is 4.12. The van der Waals surface area contributed by atoms with E-state index in [1.165, 1.54) is 44.3 Å². The molecule has 0 saturated heterocycles. The number of amides is 4. The molecule has 1 N–H and O–H groups in total. The number of halogens is 2. The second kappa shape index (κ2) is 61.6. The van der Waals surface area contributed by atoms with Crippen molar-refractivity contribution < 1.29 is 47.0 Å². The number of ether oxygens (including phenoxy) is 3. The zero-order chi connectivity index (χ0) is 58.4. The molecule has 0 spiro atoms. The Morgan fingerprint density at radius 2 is 1.05 bits per heavy atom. The summed E-state index contributed by atoms with van der Waals surface area (Å²) >= 11 is 0. The molecule has 0 bridgehead atoms.